The smallest absolute Gasteiger partial charge is 0.255 e. The molecular weight excluding hydrogens is 426 g/mol. The van der Waals surface area contributed by atoms with Gasteiger partial charge in [-0.1, -0.05) is 17.7 Å². The number of anilines is 1. The molecule has 1 saturated heterocycles. The third-order valence-electron chi connectivity index (χ3n) is 4.46. The lowest BCUT2D eigenvalue weighted by Crippen LogP contribution is -2.23. The zero-order chi connectivity index (χ0) is 20.5. The number of methoxy groups -OCH3 is 1. The van der Waals surface area contributed by atoms with Crippen LogP contribution in [0.4, 0.5) is 5.69 Å². The molecule has 1 aliphatic heterocycles. The van der Waals surface area contributed by atoms with Crippen LogP contribution in [-0.2, 0) is 19.7 Å². The Morgan fingerprint density at radius 3 is 2.57 bits per heavy atom. The molecule has 1 amide bonds. The Morgan fingerprint density at radius 2 is 1.96 bits per heavy atom. The van der Waals surface area contributed by atoms with Crippen molar-refractivity contribution in [1.29, 1.82) is 0 Å². The van der Waals surface area contributed by atoms with Crippen molar-refractivity contribution < 1.29 is 26.4 Å². The quantitative estimate of drug-likeness (QED) is 0.761. The highest BCUT2D eigenvalue weighted by atomic mass is 35.5. The van der Waals surface area contributed by atoms with Crippen molar-refractivity contribution in [3.05, 3.63) is 53.1 Å². The molecule has 0 bridgehead atoms. The first-order chi connectivity index (χ1) is 13.1. The van der Waals surface area contributed by atoms with E-state index in [-0.39, 0.29) is 22.6 Å². The Labute approximate surface area is 168 Å². The van der Waals surface area contributed by atoms with E-state index in [4.69, 9.17) is 16.3 Å². The van der Waals surface area contributed by atoms with Gasteiger partial charge in [-0.2, -0.15) is 0 Å². The number of rotatable bonds is 5. The van der Waals surface area contributed by atoms with Gasteiger partial charge in [-0.3, -0.25) is 4.79 Å². The summed E-state index contributed by atoms with van der Waals surface area (Å²) >= 11 is 6.04. The number of ether oxygens (including phenoxy) is 1. The average Bonchev–Trinajstić information content (AvgIpc) is 3.02. The SMILES string of the molecule is COc1ccc(NC(=O)c2cccc(S(=O)(=O)C3CCS(=O)(=O)C3)c2)cc1Cl. The molecular formula is C18H18ClNO6S2. The molecule has 1 unspecified atom stereocenters. The zero-order valence-electron chi connectivity index (χ0n) is 14.9. The predicted molar refractivity (Wildman–Crippen MR) is 107 cm³/mol. The first-order valence-corrected chi connectivity index (χ1v) is 12.1. The van der Waals surface area contributed by atoms with Crippen LogP contribution in [-0.4, -0.2) is 46.6 Å². The molecule has 0 spiro atoms. The van der Waals surface area contributed by atoms with E-state index >= 15 is 0 Å². The van der Waals surface area contributed by atoms with Gasteiger partial charge in [0.05, 0.1) is 33.8 Å². The van der Waals surface area contributed by atoms with E-state index in [0.717, 1.165) is 0 Å². The van der Waals surface area contributed by atoms with Gasteiger partial charge in [-0.15, -0.1) is 0 Å². The van der Waals surface area contributed by atoms with E-state index in [2.05, 4.69) is 5.32 Å². The van der Waals surface area contributed by atoms with Crippen molar-refractivity contribution in [2.24, 2.45) is 0 Å². The maximum Gasteiger partial charge on any atom is 0.255 e. The van der Waals surface area contributed by atoms with Gasteiger partial charge in [0.25, 0.3) is 5.91 Å². The number of carbonyl (C=O) groups is 1. The lowest BCUT2D eigenvalue weighted by Gasteiger charge is -2.12. The molecule has 7 nitrogen and oxygen atoms in total. The second-order valence-electron chi connectivity index (χ2n) is 6.40. The van der Waals surface area contributed by atoms with Crippen LogP contribution in [0.2, 0.25) is 5.02 Å². The number of carbonyl (C=O) groups excluding carboxylic acids is 1. The number of hydrogen-bond donors (Lipinski definition) is 1. The molecule has 0 aromatic heterocycles. The highest BCUT2D eigenvalue weighted by molar-refractivity contribution is 7.96. The van der Waals surface area contributed by atoms with E-state index in [1.165, 1.54) is 37.4 Å². The molecule has 28 heavy (non-hydrogen) atoms. The van der Waals surface area contributed by atoms with Crippen molar-refractivity contribution in [1.82, 2.24) is 0 Å². The van der Waals surface area contributed by atoms with E-state index < -0.39 is 36.6 Å². The summed E-state index contributed by atoms with van der Waals surface area (Å²) in [5.41, 5.74) is 0.555. The molecule has 10 heteroatoms. The Hall–Kier alpha value is -2.10. The minimum absolute atomic E-state index is 0.0610. The molecule has 1 atom stereocenters. The molecule has 3 rings (SSSR count). The van der Waals surface area contributed by atoms with Crippen molar-refractivity contribution >= 4 is 42.9 Å². The Bertz CT molecular complexity index is 1130. The maximum absolute atomic E-state index is 12.7. The molecule has 1 heterocycles. The Kier molecular flexibility index (Phi) is 5.69. The van der Waals surface area contributed by atoms with Crippen LogP contribution in [0.15, 0.2) is 47.4 Å². The minimum Gasteiger partial charge on any atom is -0.495 e. The minimum atomic E-state index is -3.85. The van der Waals surface area contributed by atoms with Crippen LogP contribution in [0.1, 0.15) is 16.8 Å². The lowest BCUT2D eigenvalue weighted by atomic mass is 10.2. The molecule has 0 radical (unpaired) electrons. The first kappa shape index (κ1) is 20.6. The third kappa shape index (κ3) is 4.31. The van der Waals surface area contributed by atoms with Crippen molar-refractivity contribution in [2.75, 3.05) is 23.9 Å². The van der Waals surface area contributed by atoms with Crippen LogP contribution in [0.3, 0.4) is 0 Å². The fourth-order valence-corrected chi connectivity index (χ4v) is 7.62. The number of nitrogens with one attached hydrogen (secondary N) is 1. The highest BCUT2D eigenvalue weighted by Gasteiger charge is 2.38. The molecule has 1 N–H and O–H groups in total. The summed E-state index contributed by atoms with van der Waals surface area (Å²) in [5, 5.41) is 1.97. The van der Waals surface area contributed by atoms with Gasteiger partial charge in [-0.25, -0.2) is 16.8 Å². The van der Waals surface area contributed by atoms with Crippen molar-refractivity contribution in [3.63, 3.8) is 0 Å². The van der Waals surface area contributed by atoms with E-state index in [1.54, 1.807) is 12.1 Å². The maximum atomic E-state index is 12.7. The largest absolute Gasteiger partial charge is 0.495 e. The molecule has 1 aliphatic rings. The second kappa shape index (κ2) is 7.73. The van der Waals surface area contributed by atoms with Gasteiger partial charge >= 0.3 is 0 Å². The monoisotopic (exact) mass is 443 g/mol. The first-order valence-electron chi connectivity index (χ1n) is 8.32. The molecule has 150 valence electrons. The number of hydrogen-bond acceptors (Lipinski definition) is 6. The summed E-state index contributed by atoms with van der Waals surface area (Å²) in [4.78, 5) is 12.4. The number of benzene rings is 2. The van der Waals surface area contributed by atoms with Crippen LogP contribution in [0.5, 0.6) is 5.75 Å². The summed E-state index contributed by atoms with van der Waals surface area (Å²) in [7, 11) is -5.72. The van der Waals surface area contributed by atoms with Crippen LogP contribution < -0.4 is 10.1 Å². The van der Waals surface area contributed by atoms with Crippen molar-refractivity contribution in [2.45, 2.75) is 16.6 Å². The van der Waals surface area contributed by atoms with Crippen LogP contribution in [0, 0.1) is 0 Å². The van der Waals surface area contributed by atoms with Gasteiger partial charge in [0.15, 0.2) is 19.7 Å². The normalized spacial score (nSPS) is 18.6. The van der Waals surface area contributed by atoms with Gasteiger partial charge in [0.2, 0.25) is 0 Å². The van der Waals surface area contributed by atoms with E-state index in [9.17, 15) is 21.6 Å². The molecule has 0 aliphatic carbocycles. The summed E-state index contributed by atoms with van der Waals surface area (Å²) in [6, 6.07) is 10.3. The predicted octanol–water partition coefficient (Wildman–Crippen LogP) is 2.56. The number of sulfone groups is 2. The summed E-state index contributed by atoms with van der Waals surface area (Å²) in [5.74, 6) is -0.595. The van der Waals surface area contributed by atoms with Crippen LogP contribution >= 0.6 is 11.6 Å². The third-order valence-corrected chi connectivity index (χ3v) is 8.93. The fourth-order valence-electron chi connectivity index (χ4n) is 2.96. The number of halogens is 1. The van der Waals surface area contributed by atoms with Gasteiger partial charge in [0.1, 0.15) is 5.75 Å². The molecule has 2 aromatic rings. The Balaban J connectivity index is 1.83. The summed E-state index contributed by atoms with van der Waals surface area (Å²) in [6.45, 7) is 0. The standard InChI is InChI=1S/C18H18ClNO6S2/c1-26-17-6-5-13(10-16(17)19)20-18(21)12-3-2-4-14(9-12)28(24,25)15-7-8-27(22,23)11-15/h2-6,9-10,15H,7-8,11H2,1H3,(H,20,21). The van der Waals surface area contributed by atoms with Crippen LogP contribution in [0.25, 0.3) is 0 Å². The fraction of sp³-hybridized carbons (Fsp3) is 0.278. The summed E-state index contributed by atoms with van der Waals surface area (Å²) in [6.07, 6.45) is 0.0610. The zero-order valence-corrected chi connectivity index (χ0v) is 17.3. The molecule has 0 saturated carbocycles. The second-order valence-corrected chi connectivity index (χ2v) is 11.3. The molecule has 1 fully saturated rings. The van der Waals surface area contributed by atoms with Gasteiger partial charge in [-0.05, 0) is 42.8 Å². The van der Waals surface area contributed by atoms with Gasteiger partial charge < -0.3 is 10.1 Å². The molecule has 2 aromatic carbocycles. The number of amides is 1. The Morgan fingerprint density at radius 1 is 1.21 bits per heavy atom. The van der Waals surface area contributed by atoms with Gasteiger partial charge in [0, 0.05) is 11.3 Å². The van der Waals surface area contributed by atoms with E-state index in [1.807, 2.05) is 0 Å². The lowest BCUT2D eigenvalue weighted by molar-refractivity contribution is 0.102. The highest BCUT2D eigenvalue weighted by Crippen LogP contribution is 2.28. The van der Waals surface area contributed by atoms with Crippen molar-refractivity contribution in [3.8, 4) is 5.75 Å². The van der Waals surface area contributed by atoms with E-state index in [0.29, 0.717) is 16.5 Å². The summed E-state index contributed by atoms with van der Waals surface area (Å²) < 4.78 is 53.8. The average molecular weight is 444 g/mol. The topological polar surface area (TPSA) is 107 Å².